The van der Waals surface area contributed by atoms with Gasteiger partial charge in [-0.1, -0.05) is 53.2 Å². The lowest BCUT2D eigenvalue weighted by Crippen LogP contribution is -2.67. The first-order valence-corrected chi connectivity index (χ1v) is 27.4. The molecule has 9 rings (SSSR count). The number of allylic oxidation sites excluding steroid dienone is 2. The minimum atomic E-state index is -1.89. The van der Waals surface area contributed by atoms with Crippen LogP contribution in [-0.4, -0.2) is 233 Å². The second-order valence-electron chi connectivity index (χ2n) is 25.7. The molecule has 0 radical (unpaired) electrons. The molecule has 14 N–H and O–H groups in total. The lowest BCUT2D eigenvalue weighted by molar-refractivity contribution is -0.341. The number of carbonyl (C=O) groups excluding carboxylic acids is 1. The molecule has 0 aromatic heterocycles. The van der Waals surface area contributed by atoms with Gasteiger partial charge < -0.3 is 109 Å². The number of ether oxygens (including phenoxy) is 8. The molecule has 5 aliphatic carbocycles. The Morgan fingerprint density at radius 2 is 1.13 bits per heavy atom. The van der Waals surface area contributed by atoms with E-state index in [1.165, 1.54) is 5.57 Å². The largest absolute Gasteiger partial charge is 0.432 e. The fourth-order valence-electron chi connectivity index (χ4n) is 16.1. The van der Waals surface area contributed by atoms with Crippen LogP contribution in [0.25, 0.3) is 0 Å². The molecule has 23 heteroatoms. The first-order valence-electron chi connectivity index (χ1n) is 27.4. The molecule has 4 saturated carbocycles. The molecule has 0 bridgehead atoms. The van der Waals surface area contributed by atoms with Crippen molar-refractivity contribution in [2.45, 2.75) is 229 Å². The monoisotopic (exact) mass is 1090 g/mol. The Morgan fingerprint density at radius 1 is 0.592 bits per heavy atom. The molecule has 8 fully saturated rings. The Labute approximate surface area is 442 Å². The highest BCUT2D eigenvalue weighted by atomic mass is 16.8. The van der Waals surface area contributed by atoms with E-state index in [0.29, 0.717) is 38.5 Å². The molecule has 28 atom stereocenters. The van der Waals surface area contributed by atoms with Gasteiger partial charge in [-0.15, -0.1) is 0 Å². The Balaban J connectivity index is 0.893. The third kappa shape index (κ3) is 9.66. The molecule has 0 amide bonds. The van der Waals surface area contributed by atoms with E-state index in [-0.39, 0.29) is 52.6 Å². The maximum absolute atomic E-state index is 15.1. The normalized spacial score (nSPS) is 54.3. The number of fused-ring (bicyclic) bond motifs is 7. The molecule has 9 aliphatic rings. The van der Waals surface area contributed by atoms with Crippen molar-refractivity contribution in [2.75, 3.05) is 33.0 Å². The van der Waals surface area contributed by atoms with Crippen molar-refractivity contribution < 1.29 is 114 Å². The van der Waals surface area contributed by atoms with Crippen LogP contribution in [0.5, 0.6) is 0 Å². The van der Waals surface area contributed by atoms with Crippen LogP contribution in [0.3, 0.4) is 0 Å². The van der Waals surface area contributed by atoms with Crippen LogP contribution >= 0.6 is 0 Å². The predicted octanol–water partition coefficient (Wildman–Crippen LogP) is -2.42. The van der Waals surface area contributed by atoms with Crippen LogP contribution < -0.4 is 0 Å². The van der Waals surface area contributed by atoms with Gasteiger partial charge in [-0.2, -0.15) is 0 Å². The Hall–Kier alpha value is -1.63. The zero-order valence-electron chi connectivity index (χ0n) is 44.4. The van der Waals surface area contributed by atoms with E-state index in [4.69, 9.17) is 37.9 Å². The minimum Gasteiger partial charge on any atom is -0.432 e. The summed E-state index contributed by atoms with van der Waals surface area (Å²) in [5.41, 5.74) is -1.53. The van der Waals surface area contributed by atoms with Gasteiger partial charge in [0.1, 0.15) is 91.6 Å². The van der Waals surface area contributed by atoms with Gasteiger partial charge in [0, 0.05) is 5.41 Å². The van der Waals surface area contributed by atoms with Crippen LogP contribution in [0, 0.1) is 50.2 Å². The third-order valence-corrected chi connectivity index (χ3v) is 21.1. The second kappa shape index (κ2) is 21.6. The summed E-state index contributed by atoms with van der Waals surface area (Å²) in [6.45, 7) is 11.1. The molecule has 0 aromatic rings. The van der Waals surface area contributed by atoms with E-state index in [2.05, 4.69) is 40.7 Å². The summed E-state index contributed by atoms with van der Waals surface area (Å²) in [7, 11) is 0. The van der Waals surface area contributed by atoms with Gasteiger partial charge in [0.2, 0.25) is 6.29 Å². The molecule has 0 unspecified atom stereocenters. The maximum Gasteiger partial charge on any atom is 0.315 e. The van der Waals surface area contributed by atoms with E-state index in [9.17, 15) is 71.5 Å². The van der Waals surface area contributed by atoms with E-state index >= 15 is 4.79 Å². The topological polar surface area (TPSA) is 374 Å². The molecule has 23 nitrogen and oxygen atoms in total. The van der Waals surface area contributed by atoms with E-state index < -0.39 is 159 Å². The lowest BCUT2D eigenvalue weighted by Gasteiger charge is -2.71. The second-order valence-corrected chi connectivity index (χ2v) is 25.7. The predicted molar refractivity (Wildman–Crippen MR) is 258 cm³/mol. The number of aliphatic hydroxyl groups is 14. The van der Waals surface area contributed by atoms with E-state index in [0.717, 1.165) is 25.7 Å². The molecule has 4 aliphatic heterocycles. The average Bonchev–Trinajstić information content (AvgIpc) is 3.38. The number of aliphatic hydroxyl groups excluding tert-OH is 14. The van der Waals surface area contributed by atoms with Crippen LogP contribution in [0.15, 0.2) is 11.6 Å². The van der Waals surface area contributed by atoms with Gasteiger partial charge in [-0.05, 0) is 104 Å². The van der Waals surface area contributed by atoms with Gasteiger partial charge in [0.15, 0.2) is 18.9 Å². The van der Waals surface area contributed by atoms with Crippen LogP contribution in [0.1, 0.15) is 106 Å². The van der Waals surface area contributed by atoms with E-state index in [1.54, 1.807) is 0 Å². The summed E-state index contributed by atoms with van der Waals surface area (Å²) in [5.74, 6) is -0.654. The van der Waals surface area contributed by atoms with Crippen molar-refractivity contribution in [3.8, 4) is 0 Å². The van der Waals surface area contributed by atoms with Crippen LogP contribution in [0.2, 0.25) is 0 Å². The summed E-state index contributed by atoms with van der Waals surface area (Å²) in [5, 5.41) is 149. The zero-order chi connectivity index (χ0) is 55.4. The number of rotatable bonds is 12. The lowest BCUT2D eigenvalue weighted by atomic mass is 9.33. The molecule has 436 valence electrons. The zero-order valence-corrected chi connectivity index (χ0v) is 44.4. The molecular formula is C53H86O23. The molecule has 0 aromatic carbocycles. The van der Waals surface area contributed by atoms with Gasteiger partial charge in [0.25, 0.3) is 0 Å². The van der Waals surface area contributed by atoms with Crippen molar-refractivity contribution in [3.05, 3.63) is 11.6 Å². The molecule has 76 heavy (non-hydrogen) atoms. The quantitative estimate of drug-likeness (QED) is 0.0549. The average molecular weight is 1090 g/mol. The highest BCUT2D eigenvalue weighted by Gasteiger charge is 2.70. The fourth-order valence-corrected chi connectivity index (χ4v) is 16.1. The first kappa shape index (κ1) is 59.0. The molecular weight excluding hydrogens is 1000 g/mol. The maximum atomic E-state index is 15.1. The summed E-state index contributed by atoms with van der Waals surface area (Å²) in [6.07, 6.45) is -22.4. The summed E-state index contributed by atoms with van der Waals surface area (Å²) in [6, 6.07) is 0. The summed E-state index contributed by atoms with van der Waals surface area (Å²) < 4.78 is 46.6. The number of esters is 1. The Kier molecular flexibility index (Phi) is 16.8. The third-order valence-electron chi connectivity index (χ3n) is 21.1. The SMILES string of the molecule is CC1(C)CC[C@]2(C(=O)O[C@@H]3O[C@H](CO[C@@H]4O[C@H](CO[C@@H]5O[C@H](CO)[C@@H](O)[C@H](O)[C@H]5O)[C@@H](O)[C@H](O)[C@H]4O)[C@@H](O)[C@H](O)[C@H]3O)CC[C@]3(C)C(=CC[C@@H]4[C@@]5(C)CC[C@H](O[C@@H]6OC[C@H](O)[C@H](O)[C@H]6O)[C@@](C)(CO)[C@@H]5CC[C@]43C)[C@@H]2C1. The number of carbonyl (C=O) groups is 1. The van der Waals surface area contributed by atoms with Crippen LogP contribution in [-0.2, 0) is 42.7 Å². The Bertz CT molecular complexity index is 2080. The van der Waals surface area contributed by atoms with Crippen molar-refractivity contribution in [1.82, 2.24) is 0 Å². The Morgan fingerprint density at radius 3 is 1.72 bits per heavy atom. The van der Waals surface area contributed by atoms with Gasteiger partial charge in [-0.25, -0.2) is 0 Å². The fraction of sp³-hybridized carbons (Fsp3) is 0.943. The molecule has 4 saturated heterocycles. The van der Waals surface area contributed by atoms with E-state index in [1.807, 2.05) is 6.92 Å². The summed E-state index contributed by atoms with van der Waals surface area (Å²) in [4.78, 5) is 15.1. The van der Waals surface area contributed by atoms with Gasteiger partial charge in [-0.3, -0.25) is 4.79 Å². The number of hydrogen-bond donors (Lipinski definition) is 14. The van der Waals surface area contributed by atoms with Crippen molar-refractivity contribution in [3.63, 3.8) is 0 Å². The number of hydrogen-bond acceptors (Lipinski definition) is 23. The smallest absolute Gasteiger partial charge is 0.315 e. The summed E-state index contributed by atoms with van der Waals surface area (Å²) >= 11 is 0. The standard InChI is InChI=1S/C53H86O23/c1-48(2)13-15-53(47(68)76-46-42(67)38(63)35(60)28(74-46)21-71-44-41(66)37(62)34(59)27(73-44)20-70-43-40(65)36(61)33(58)26(18-54)72-43)16-14-51(5)23(24(53)17-48)7-8-30-49(3)11-10-31(75-45-39(64)32(57)25(56)19-69-45)50(4,22-55)29(49)9-12-52(30,51)6/h7,24-46,54-67H,8-22H2,1-6H3/t24-,25-,26+,27+,28+,29+,30+,31-,32-,33+,34+,35+,36-,37-,38-,39+,40+,41+,42+,43+,44+,45-,46-,49-,50-,51+,52+,53-/m0/s1. The van der Waals surface area contributed by atoms with Gasteiger partial charge >= 0.3 is 5.97 Å². The highest BCUT2D eigenvalue weighted by molar-refractivity contribution is 5.79. The van der Waals surface area contributed by atoms with Crippen LogP contribution in [0.4, 0.5) is 0 Å². The van der Waals surface area contributed by atoms with Crippen molar-refractivity contribution >= 4 is 5.97 Å². The molecule has 4 heterocycles. The first-order chi connectivity index (χ1) is 35.6. The van der Waals surface area contributed by atoms with Gasteiger partial charge in [0.05, 0.1) is 44.6 Å². The van der Waals surface area contributed by atoms with Crippen molar-refractivity contribution in [1.29, 1.82) is 0 Å². The highest BCUT2D eigenvalue weighted by Crippen LogP contribution is 2.76. The van der Waals surface area contributed by atoms with Crippen molar-refractivity contribution in [2.24, 2.45) is 50.2 Å². The minimum absolute atomic E-state index is 0.0253. The molecule has 0 spiro atoms.